The van der Waals surface area contributed by atoms with Crippen molar-refractivity contribution in [2.24, 2.45) is 0 Å². The average Bonchev–Trinajstić information content (AvgIpc) is 2.52. The Hall–Kier alpha value is -2.38. The second-order valence-electron chi connectivity index (χ2n) is 5.44. The molecule has 0 fully saturated rings. The molecule has 0 N–H and O–H groups in total. The standard InChI is InChI=1S/C15H20O9Si2/c1-10(16)22-26(23-11(2)17,24-12(3)18)7-6-19-14-4-5-15-13(8-14)9-20-25-21-15/h4-5,8H,6-7,9,25H2,1-3H3. The predicted octanol–water partition coefficient (Wildman–Crippen LogP) is 0.601. The van der Waals surface area contributed by atoms with E-state index in [0.29, 0.717) is 12.4 Å². The van der Waals surface area contributed by atoms with E-state index in [4.69, 9.17) is 26.9 Å². The third-order valence-corrected chi connectivity index (χ3v) is 6.57. The van der Waals surface area contributed by atoms with Crippen molar-refractivity contribution < 1.29 is 41.3 Å². The summed E-state index contributed by atoms with van der Waals surface area (Å²) in [5, 5.41) is 0. The number of hydrogen-bond donors (Lipinski definition) is 0. The van der Waals surface area contributed by atoms with E-state index in [-0.39, 0.29) is 12.7 Å². The molecule has 0 spiro atoms. The molecule has 0 aliphatic carbocycles. The summed E-state index contributed by atoms with van der Waals surface area (Å²) in [4.78, 5) is 34.1. The fraction of sp³-hybridized carbons (Fsp3) is 0.400. The predicted molar refractivity (Wildman–Crippen MR) is 91.8 cm³/mol. The molecule has 1 aliphatic heterocycles. The number of carbonyl (C=O) groups is 3. The molecule has 0 saturated heterocycles. The summed E-state index contributed by atoms with van der Waals surface area (Å²) < 4.78 is 31.7. The van der Waals surface area contributed by atoms with Crippen LogP contribution in [0.25, 0.3) is 0 Å². The third kappa shape index (κ3) is 5.86. The Balaban J connectivity index is 2.06. The fourth-order valence-corrected chi connectivity index (χ4v) is 5.21. The average molecular weight is 400 g/mol. The molecule has 26 heavy (non-hydrogen) atoms. The SMILES string of the molecule is CC(=O)O[Si](CCOc1ccc2c(c1)CO[SiH2]O2)(OC(C)=O)OC(C)=O. The van der Waals surface area contributed by atoms with Crippen molar-refractivity contribution in [2.45, 2.75) is 33.4 Å². The van der Waals surface area contributed by atoms with E-state index in [9.17, 15) is 14.4 Å². The van der Waals surface area contributed by atoms with Crippen molar-refractivity contribution >= 4 is 36.7 Å². The van der Waals surface area contributed by atoms with E-state index in [1.165, 1.54) is 0 Å². The number of carbonyl (C=O) groups excluding carboxylic acids is 3. The minimum absolute atomic E-state index is 0.00924. The topological polar surface area (TPSA) is 107 Å². The van der Waals surface area contributed by atoms with Crippen molar-refractivity contribution in [1.82, 2.24) is 0 Å². The van der Waals surface area contributed by atoms with Gasteiger partial charge in [0.1, 0.15) is 11.5 Å². The molecule has 0 aromatic heterocycles. The van der Waals surface area contributed by atoms with Gasteiger partial charge in [0, 0.05) is 26.3 Å². The molecule has 11 heteroatoms. The quantitative estimate of drug-likeness (QED) is 0.608. The number of ether oxygens (including phenoxy) is 1. The summed E-state index contributed by atoms with van der Waals surface area (Å²) in [5.74, 6) is -0.834. The van der Waals surface area contributed by atoms with Crippen molar-refractivity contribution in [2.75, 3.05) is 6.61 Å². The molecule has 1 aliphatic rings. The monoisotopic (exact) mass is 400 g/mol. The summed E-state index contributed by atoms with van der Waals surface area (Å²) in [6.07, 6.45) is 0. The molecule has 0 bridgehead atoms. The normalized spacial score (nSPS) is 14.0. The van der Waals surface area contributed by atoms with Crippen molar-refractivity contribution in [1.29, 1.82) is 0 Å². The van der Waals surface area contributed by atoms with E-state index in [1.807, 2.05) is 0 Å². The molecular weight excluding hydrogens is 380 g/mol. The van der Waals surface area contributed by atoms with Gasteiger partial charge in [0.05, 0.1) is 19.3 Å². The largest absolute Gasteiger partial charge is 0.708 e. The van der Waals surface area contributed by atoms with E-state index in [0.717, 1.165) is 32.1 Å². The molecule has 1 aromatic carbocycles. The smallest absolute Gasteiger partial charge is 0.524 e. The Kier molecular flexibility index (Phi) is 6.77. The molecule has 9 nitrogen and oxygen atoms in total. The summed E-state index contributed by atoms with van der Waals surface area (Å²) in [5.41, 5.74) is 0.865. The van der Waals surface area contributed by atoms with Gasteiger partial charge < -0.3 is 26.9 Å². The maximum Gasteiger partial charge on any atom is 0.708 e. The van der Waals surface area contributed by atoms with Crippen LogP contribution in [0.1, 0.15) is 26.3 Å². The number of benzene rings is 1. The van der Waals surface area contributed by atoms with Crippen molar-refractivity contribution in [3.63, 3.8) is 0 Å². The lowest BCUT2D eigenvalue weighted by Gasteiger charge is -2.26. The van der Waals surface area contributed by atoms with Crippen molar-refractivity contribution in [3.8, 4) is 11.5 Å². The highest BCUT2D eigenvalue weighted by molar-refractivity contribution is 6.65. The molecule has 1 heterocycles. The van der Waals surface area contributed by atoms with Gasteiger partial charge in [-0.05, 0) is 18.2 Å². The zero-order chi connectivity index (χ0) is 19.2. The van der Waals surface area contributed by atoms with Gasteiger partial charge in [-0.25, -0.2) is 0 Å². The second-order valence-corrected chi connectivity index (χ2v) is 8.85. The first kappa shape index (κ1) is 19.9. The number of rotatable bonds is 7. The van der Waals surface area contributed by atoms with Crippen LogP contribution in [0.15, 0.2) is 18.2 Å². The lowest BCUT2D eigenvalue weighted by atomic mass is 10.2. The summed E-state index contributed by atoms with van der Waals surface area (Å²) in [7, 11) is -4.85. The van der Waals surface area contributed by atoms with Crippen molar-refractivity contribution in [3.05, 3.63) is 23.8 Å². The van der Waals surface area contributed by atoms with Crippen LogP contribution in [0, 0.1) is 0 Å². The van der Waals surface area contributed by atoms with Gasteiger partial charge in [-0.3, -0.25) is 14.4 Å². The zero-order valence-electron chi connectivity index (χ0n) is 14.7. The Labute approximate surface area is 153 Å². The molecule has 0 radical (unpaired) electrons. The highest BCUT2D eigenvalue weighted by Gasteiger charge is 2.51. The minimum atomic E-state index is -3.88. The molecule has 142 valence electrons. The van der Waals surface area contributed by atoms with Gasteiger partial charge in [0.25, 0.3) is 17.9 Å². The Bertz CT molecular complexity index is 651. The van der Waals surface area contributed by atoms with Crippen LogP contribution in [-0.2, 0) is 38.7 Å². The van der Waals surface area contributed by atoms with Gasteiger partial charge >= 0.3 is 18.8 Å². The molecule has 0 unspecified atom stereocenters. The first-order chi connectivity index (χ1) is 12.3. The van der Waals surface area contributed by atoms with Crippen LogP contribution < -0.4 is 9.16 Å². The highest BCUT2D eigenvalue weighted by atomic mass is 28.4. The molecule has 2 rings (SSSR count). The van der Waals surface area contributed by atoms with Gasteiger partial charge in [-0.1, -0.05) is 0 Å². The van der Waals surface area contributed by atoms with Crippen LogP contribution >= 0.6 is 0 Å². The summed E-state index contributed by atoms with van der Waals surface area (Å²) >= 11 is 0. The maximum absolute atomic E-state index is 11.4. The maximum atomic E-state index is 11.4. The number of fused-ring (bicyclic) bond motifs is 1. The van der Waals surface area contributed by atoms with Crippen LogP contribution in [0.4, 0.5) is 0 Å². The van der Waals surface area contributed by atoms with Crippen LogP contribution in [0.2, 0.25) is 6.04 Å². The third-order valence-electron chi connectivity index (χ3n) is 3.16. The van der Waals surface area contributed by atoms with Crippen LogP contribution in [0.3, 0.4) is 0 Å². The first-order valence-electron chi connectivity index (χ1n) is 7.85. The second kappa shape index (κ2) is 8.82. The first-order valence-corrected chi connectivity index (χ1v) is 10.9. The van der Waals surface area contributed by atoms with Crippen LogP contribution in [-0.4, -0.2) is 43.3 Å². The van der Waals surface area contributed by atoms with Crippen LogP contribution in [0.5, 0.6) is 11.5 Å². The highest BCUT2D eigenvalue weighted by Crippen LogP contribution is 2.27. The Morgan fingerprint density at radius 1 is 1.08 bits per heavy atom. The summed E-state index contributed by atoms with van der Waals surface area (Å²) in [6, 6.07) is 5.22. The molecule has 0 amide bonds. The lowest BCUT2D eigenvalue weighted by Crippen LogP contribution is -2.50. The molecule has 1 aromatic rings. The lowest BCUT2D eigenvalue weighted by molar-refractivity contribution is -0.147. The Morgan fingerprint density at radius 3 is 2.27 bits per heavy atom. The molecule has 0 saturated carbocycles. The van der Waals surface area contributed by atoms with E-state index < -0.39 is 36.7 Å². The van der Waals surface area contributed by atoms with Gasteiger partial charge in [0.15, 0.2) is 0 Å². The fourth-order valence-electron chi connectivity index (χ4n) is 2.32. The van der Waals surface area contributed by atoms with Gasteiger partial charge in [-0.15, -0.1) is 0 Å². The van der Waals surface area contributed by atoms with Gasteiger partial charge in [-0.2, -0.15) is 0 Å². The van der Waals surface area contributed by atoms with E-state index in [1.54, 1.807) is 18.2 Å². The van der Waals surface area contributed by atoms with Gasteiger partial charge in [0.2, 0.25) is 0 Å². The van der Waals surface area contributed by atoms with E-state index in [2.05, 4.69) is 0 Å². The molecule has 0 atom stereocenters. The molecular formula is C15H20O9Si2. The Morgan fingerprint density at radius 2 is 1.69 bits per heavy atom. The van der Waals surface area contributed by atoms with E-state index >= 15 is 0 Å². The zero-order valence-corrected chi connectivity index (χ0v) is 17.1. The number of hydrogen-bond acceptors (Lipinski definition) is 9. The summed E-state index contributed by atoms with van der Waals surface area (Å²) in [6.45, 7) is 3.90. The minimum Gasteiger partial charge on any atom is -0.524 e.